The van der Waals surface area contributed by atoms with Gasteiger partial charge in [-0.15, -0.1) is 0 Å². The number of para-hydroxylation sites is 2. The highest BCUT2D eigenvalue weighted by Crippen LogP contribution is 2.52. The van der Waals surface area contributed by atoms with Crippen molar-refractivity contribution in [1.29, 1.82) is 0 Å². The zero-order chi connectivity index (χ0) is 26.8. The van der Waals surface area contributed by atoms with Gasteiger partial charge in [0.15, 0.2) is 5.78 Å². The van der Waals surface area contributed by atoms with E-state index < -0.39 is 12.3 Å². The molecule has 2 atom stereocenters. The van der Waals surface area contributed by atoms with E-state index in [1.54, 1.807) is 0 Å². The maximum absolute atomic E-state index is 14.0. The number of ether oxygens (including phenoxy) is 1. The lowest BCUT2D eigenvalue weighted by Gasteiger charge is -2.40. The number of benzene rings is 3. The monoisotopic (exact) mass is 506 g/mol. The smallest absolute Gasteiger partial charge is 0.340 e. The molecule has 3 aliphatic rings. The lowest BCUT2D eigenvalue weighted by Crippen LogP contribution is -2.38. The highest BCUT2D eigenvalue weighted by Gasteiger charge is 2.46. The topological polar surface area (TPSA) is 58.6 Å². The Labute approximate surface area is 224 Å². The predicted molar refractivity (Wildman–Crippen MR) is 150 cm³/mol. The van der Waals surface area contributed by atoms with Gasteiger partial charge in [0.1, 0.15) is 0 Å². The molecule has 0 amide bonds. The Bertz CT molecular complexity index is 1480. The number of nitrogens with zero attached hydrogens (tertiary/aromatic N) is 1. The number of hydrogen-bond donors (Lipinski definition) is 1. The molecule has 1 N–H and O–H groups in total. The van der Waals surface area contributed by atoms with Crippen LogP contribution in [0.15, 0.2) is 84.1 Å². The van der Waals surface area contributed by atoms with Crippen molar-refractivity contribution in [2.45, 2.75) is 65.1 Å². The average Bonchev–Trinajstić information content (AvgIpc) is 3.11. The second-order valence-corrected chi connectivity index (χ2v) is 12.5. The Morgan fingerprint density at radius 3 is 2.32 bits per heavy atom. The summed E-state index contributed by atoms with van der Waals surface area (Å²) in [6.45, 7) is 10.9. The lowest BCUT2D eigenvalue weighted by molar-refractivity contribution is -0.118. The van der Waals surface area contributed by atoms with Gasteiger partial charge in [0.05, 0.1) is 23.0 Å². The van der Waals surface area contributed by atoms with Crippen LogP contribution in [-0.4, -0.2) is 11.8 Å². The van der Waals surface area contributed by atoms with Crippen molar-refractivity contribution >= 4 is 23.1 Å². The van der Waals surface area contributed by atoms with Crippen LogP contribution in [0.5, 0.6) is 0 Å². The molecule has 6 rings (SSSR count). The molecule has 3 aromatic carbocycles. The molecule has 2 heterocycles. The molecule has 2 aliphatic heterocycles. The largest absolute Gasteiger partial charge is 0.433 e. The molecule has 194 valence electrons. The van der Waals surface area contributed by atoms with Crippen LogP contribution in [0.4, 0.5) is 11.4 Å². The van der Waals surface area contributed by atoms with Gasteiger partial charge in [0.2, 0.25) is 6.23 Å². The highest BCUT2D eigenvalue weighted by molar-refractivity contribution is 6.02. The maximum atomic E-state index is 14.0. The van der Waals surface area contributed by atoms with E-state index in [1.165, 1.54) is 5.56 Å². The van der Waals surface area contributed by atoms with Gasteiger partial charge >= 0.3 is 5.97 Å². The highest BCUT2D eigenvalue weighted by atomic mass is 16.6. The number of ketones is 1. The van der Waals surface area contributed by atoms with E-state index in [4.69, 9.17) is 4.74 Å². The SMILES string of the molecule is CC1(C)CC(=O)C2=C(C1)Nc1ccccc1N([C@H]1OC(=O)c3ccccc31)[C@H]2c1ccc(C(C)(C)C)cc1. The number of hydrogen-bond acceptors (Lipinski definition) is 5. The summed E-state index contributed by atoms with van der Waals surface area (Å²) in [5.41, 5.74) is 6.96. The number of cyclic esters (lactones) is 1. The lowest BCUT2D eigenvalue weighted by atomic mass is 9.73. The number of esters is 1. The Morgan fingerprint density at radius 1 is 0.895 bits per heavy atom. The second kappa shape index (κ2) is 8.59. The number of nitrogens with one attached hydrogen (secondary N) is 1. The summed E-state index contributed by atoms with van der Waals surface area (Å²) in [4.78, 5) is 29.1. The minimum atomic E-state index is -0.663. The molecule has 5 nitrogen and oxygen atoms in total. The Morgan fingerprint density at radius 2 is 1.58 bits per heavy atom. The number of Topliss-reactive ketones (excluding diaryl/α,β-unsaturated/α-hetero) is 1. The van der Waals surface area contributed by atoms with Crippen LogP contribution in [0.1, 0.15) is 86.8 Å². The first-order chi connectivity index (χ1) is 18.0. The molecule has 38 heavy (non-hydrogen) atoms. The minimum absolute atomic E-state index is 0.00482. The Balaban J connectivity index is 1.62. The summed E-state index contributed by atoms with van der Waals surface area (Å²) in [5.74, 6) is -0.212. The number of rotatable bonds is 2. The number of carbonyl (C=O) groups is 2. The molecule has 5 heteroatoms. The van der Waals surface area contributed by atoms with E-state index >= 15 is 0 Å². The summed E-state index contributed by atoms with van der Waals surface area (Å²) >= 11 is 0. The molecule has 1 aliphatic carbocycles. The molecule has 0 aromatic heterocycles. The predicted octanol–water partition coefficient (Wildman–Crippen LogP) is 7.47. The van der Waals surface area contributed by atoms with Crippen LogP contribution in [0.3, 0.4) is 0 Å². The maximum Gasteiger partial charge on any atom is 0.340 e. The molecule has 0 saturated carbocycles. The third-order valence-corrected chi connectivity index (χ3v) is 7.95. The number of carbonyl (C=O) groups excluding carboxylic acids is 2. The molecule has 0 unspecified atom stereocenters. The van der Waals surface area contributed by atoms with Gasteiger partial charge in [0.25, 0.3) is 0 Å². The van der Waals surface area contributed by atoms with Gasteiger partial charge in [-0.2, -0.15) is 0 Å². The molecular formula is C33H34N2O3. The third-order valence-electron chi connectivity index (χ3n) is 7.95. The fourth-order valence-electron chi connectivity index (χ4n) is 6.10. The fraction of sp³-hybridized carbons (Fsp3) is 0.333. The third kappa shape index (κ3) is 4.01. The standard InChI is InChI=1S/C33H34N2O3/c1-32(2,3)21-16-14-20(15-17-21)29-28-25(18-33(4,5)19-27(28)36)34-24-12-8-9-13-26(24)35(29)30-22-10-6-7-11-23(22)31(37)38-30/h6-17,29-30,34H,18-19H2,1-5H3/t29-,30-/m0/s1. The van der Waals surface area contributed by atoms with E-state index in [0.29, 0.717) is 12.0 Å². The van der Waals surface area contributed by atoms with Crippen molar-refractivity contribution in [3.8, 4) is 0 Å². The van der Waals surface area contributed by atoms with E-state index in [9.17, 15) is 9.59 Å². The zero-order valence-electron chi connectivity index (χ0n) is 22.7. The summed E-state index contributed by atoms with van der Waals surface area (Å²) in [6, 6.07) is 23.8. The molecular weight excluding hydrogens is 472 g/mol. The summed E-state index contributed by atoms with van der Waals surface area (Å²) in [6.07, 6.45) is 0.562. The van der Waals surface area contributed by atoms with E-state index in [0.717, 1.165) is 40.2 Å². The van der Waals surface area contributed by atoms with Crippen LogP contribution in [0.2, 0.25) is 0 Å². The van der Waals surface area contributed by atoms with Crippen molar-refractivity contribution in [1.82, 2.24) is 0 Å². The number of anilines is 2. The quantitative estimate of drug-likeness (QED) is 0.365. The first-order valence-corrected chi connectivity index (χ1v) is 13.3. The van der Waals surface area contributed by atoms with Gasteiger partial charge in [-0.05, 0) is 46.6 Å². The van der Waals surface area contributed by atoms with Crippen LogP contribution in [-0.2, 0) is 14.9 Å². The molecule has 0 fully saturated rings. The molecule has 0 radical (unpaired) electrons. The first kappa shape index (κ1) is 24.5. The average molecular weight is 507 g/mol. The van der Waals surface area contributed by atoms with Crippen molar-refractivity contribution in [3.05, 3.63) is 106 Å². The number of allylic oxidation sites excluding steroid dienone is 1. The van der Waals surface area contributed by atoms with Crippen LogP contribution >= 0.6 is 0 Å². The van der Waals surface area contributed by atoms with Gasteiger partial charge in [-0.25, -0.2) is 4.79 Å². The zero-order valence-corrected chi connectivity index (χ0v) is 22.7. The van der Waals surface area contributed by atoms with E-state index in [2.05, 4.69) is 69.1 Å². The Kier molecular flexibility index (Phi) is 5.53. The summed E-state index contributed by atoms with van der Waals surface area (Å²) < 4.78 is 6.09. The van der Waals surface area contributed by atoms with Crippen molar-refractivity contribution in [2.24, 2.45) is 5.41 Å². The van der Waals surface area contributed by atoms with E-state index in [1.807, 2.05) is 48.5 Å². The van der Waals surface area contributed by atoms with Crippen molar-refractivity contribution < 1.29 is 14.3 Å². The molecule has 0 saturated heterocycles. The number of fused-ring (bicyclic) bond motifs is 2. The van der Waals surface area contributed by atoms with E-state index in [-0.39, 0.29) is 22.6 Å². The molecule has 0 spiro atoms. The molecule has 3 aromatic rings. The molecule has 0 bridgehead atoms. The first-order valence-electron chi connectivity index (χ1n) is 13.3. The van der Waals surface area contributed by atoms with Crippen molar-refractivity contribution in [3.63, 3.8) is 0 Å². The normalized spacial score (nSPS) is 22.2. The van der Waals surface area contributed by atoms with Crippen LogP contribution in [0, 0.1) is 5.41 Å². The van der Waals surface area contributed by atoms with Gasteiger partial charge < -0.3 is 15.0 Å². The van der Waals surface area contributed by atoms with Gasteiger partial charge in [-0.1, -0.05) is 89.2 Å². The second-order valence-electron chi connectivity index (χ2n) is 12.5. The van der Waals surface area contributed by atoms with Gasteiger partial charge in [0, 0.05) is 23.3 Å². The fourth-order valence-corrected chi connectivity index (χ4v) is 6.10. The van der Waals surface area contributed by atoms with Crippen molar-refractivity contribution in [2.75, 3.05) is 10.2 Å². The van der Waals surface area contributed by atoms with Gasteiger partial charge in [-0.3, -0.25) is 4.79 Å². The Hall–Kier alpha value is -3.86. The summed E-state index contributed by atoms with van der Waals surface area (Å²) in [7, 11) is 0. The van der Waals surface area contributed by atoms with Crippen LogP contribution < -0.4 is 10.2 Å². The summed E-state index contributed by atoms with van der Waals surface area (Å²) in [5, 5.41) is 3.65. The van der Waals surface area contributed by atoms with Crippen LogP contribution in [0.25, 0.3) is 0 Å². The minimum Gasteiger partial charge on any atom is -0.433 e.